The van der Waals surface area contributed by atoms with Crippen LogP contribution >= 0.6 is 0 Å². The average molecular weight is 251 g/mol. The first-order valence-electron chi connectivity index (χ1n) is 6.57. The SMILES string of the molecule is CCC1(C)C(NC)CC1c1ccc(OC)c(F)c1. The summed E-state index contributed by atoms with van der Waals surface area (Å²) in [4.78, 5) is 0. The zero-order valence-electron chi connectivity index (χ0n) is 11.6. The summed E-state index contributed by atoms with van der Waals surface area (Å²) in [5, 5.41) is 3.36. The van der Waals surface area contributed by atoms with Gasteiger partial charge in [0.05, 0.1) is 7.11 Å². The number of hydrogen-bond donors (Lipinski definition) is 1. The lowest BCUT2D eigenvalue weighted by Crippen LogP contribution is -2.55. The van der Waals surface area contributed by atoms with E-state index in [1.54, 1.807) is 12.1 Å². The zero-order valence-corrected chi connectivity index (χ0v) is 11.6. The second kappa shape index (κ2) is 4.88. The smallest absolute Gasteiger partial charge is 0.165 e. The maximum atomic E-state index is 13.8. The van der Waals surface area contributed by atoms with Gasteiger partial charge in [-0.3, -0.25) is 0 Å². The largest absolute Gasteiger partial charge is 0.494 e. The topological polar surface area (TPSA) is 21.3 Å². The van der Waals surface area contributed by atoms with Crippen molar-refractivity contribution in [3.63, 3.8) is 0 Å². The van der Waals surface area contributed by atoms with Gasteiger partial charge in [0.25, 0.3) is 0 Å². The quantitative estimate of drug-likeness (QED) is 0.886. The van der Waals surface area contributed by atoms with Crippen molar-refractivity contribution < 1.29 is 9.13 Å². The minimum absolute atomic E-state index is 0.218. The van der Waals surface area contributed by atoms with E-state index in [0.29, 0.717) is 17.7 Å². The van der Waals surface area contributed by atoms with Gasteiger partial charge in [-0.2, -0.15) is 0 Å². The van der Waals surface area contributed by atoms with E-state index in [0.717, 1.165) is 18.4 Å². The van der Waals surface area contributed by atoms with E-state index in [9.17, 15) is 4.39 Å². The van der Waals surface area contributed by atoms with Gasteiger partial charge in [-0.15, -0.1) is 0 Å². The van der Waals surface area contributed by atoms with E-state index in [1.165, 1.54) is 7.11 Å². The highest BCUT2D eigenvalue weighted by molar-refractivity contribution is 5.34. The second-order valence-corrected chi connectivity index (χ2v) is 5.38. The van der Waals surface area contributed by atoms with Crippen LogP contribution in [0, 0.1) is 11.2 Å². The van der Waals surface area contributed by atoms with E-state index in [1.807, 2.05) is 13.1 Å². The zero-order chi connectivity index (χ0) is 13.3. The molecule has 1 aliphatic carbocycles. The minimum Gasteiger partial charge on any atom is -0.494 e. The molecule has 1 N–H and O–H groups in total. The molecule has 0 aromatic heterocycles. The summed E-state index contributed by atoms with van der Waals surface area (Å²) in [5.41, 5.74) is 1.31. The molecule has 3 heteroatoms. The van der Waals surface area contributed by atoms with Crippen LogP contribution in [0.15, 0.2) is 18.2 Å². The Kier molecular flexibility index (Phi) is 3.62. The van der Waals surface area contributed by atoms with Gasteiger partial charge in [0.2, 0.25) is 0 Å². The summed E-state index contributed by atoms with van der Waals surface area (Å²) in [7, 11) is 3.50. The van der Waals surface area contributed by atoms with Gasteiger partial charge in [-0.05, 0) is 48.9 Å². The Morgan fingerprint density at radius 1 is 1.50 bits per heavy atom. The first-order chi connectivity index (χ1) is 8.56. The van der Waals surface area contributed by atoms with Gasteiger partial charge in [0, 0.05) is 6.04 Å². The fourth-order valence-corrected chi connectivity index (χ4v) is 3.21. The molecule has 2 rings (SSSR count). The van der Waals surface area contributed by atoms with Crippen molar-refractivity contribution in [1.82, 2.24) is 5.32 Å². The molecule has 1 aromatic carbocycles. The van der Waals surface area contributed by atoms with Gasteiger partial charge in [0.15, 0.2) is 11.6 Å². The molecule has 3 atom stereocenters. The van der Waals surface area contributed by atoms with Crippen LogP contribution in [0.5, 0.6) is 5.75 Å². The fourth-order valence-electron chi connectivity index (χ4n) is 3.21. The molecule has 1 aliphatic rings. The Morgan fingerprint density at radius 3 is 2.72 bits per heavy atom. The molecule has 0 aliphatic heterocycles. The molecule has 0 saturated heterocycles. The summed E-state index contributed by atoms with van der Waals surface area (Å²) in [6.45, 7) is 4.49. The summed E-state index contributed by atoms with van der Waals surface area (Å²) in [6.07, 6.45) is 2.17. The molecule has 0 spiro atoms. The normalized spacial score (nSPS) is 30.9. The molecule has 3 unspecified atom stereocenters. The lowest BCUT2D eigenvalue weighted by atomic mass is 9.54. The van der Waals surface area contributed by atoms with Crippen LogP contribution in [-0.4, -0.2) is 20.2 Å². The number of methoxy groups -OCH3 is 1. The van der Waals surface area contributed by atoms with E-state index in [4.69, 9.17) is 4.74 Å². The highest BCUT2D eigenvalue weighted by Gasteiger charge is 2.50. The number of hydrogen-bond acceptors (Lipinski definition) is 2. The molecule has 0 heterocycles. The molecule has 2 nitrogen and oxygen atoms in total. The molecule has 100 valence electrons. The van der Waals surface area contributed by atoms with Gasteiger partial charge in [0.1, 0.15) is 0 Å². The molecule has 0 amide bonds. The molecule has 0 bridgehead atoms. The van der Waals surface area contributed by atoms with Crippen LogP contribution in [0.25, 0.3) is 0 Å². The number of rotatable bonds is 4. The van der Waals surface area contributed by atoms with Crippen molar-refractivity contribution in [2.75, 3.05) is 14.2 Å². The molecular formula is C15H22FNO. The van der Waals surface area contributed by atoms with Crippen molar-refractivity contribution in [1.29, 1.82) is 0 Å². The third kappa shape index (κ3) is 1.91. The minimum atomic E-state index is -0.263. The van der Waals surface area contributed by atoms with E-state index < -0.39 is 0 Å². The Bertz CT molecular complexity index is 435. The van der Waals surface area contributed by atoms with Crippen LogP contribution < -0.4 is 10.1 Å². The van der Waals surface area contributed by atoms with Crippen molar-refractivity contribution in [2.24, 2.45) is 5.41 Å². The predicted octanol–water partition coefficient (Wildman–Crippen LogP) is 3.33. The molecular weight excluding hydrogens is 229 g/mol. The molecule has 1 fully saturated rings. The molecule has 1 aromatic rings. The summed E-state index contributed by atoms with van der Waals surface area (Å²) in [6, 6.07) is 5.88. The van der Waals surface area contributed by atoms with E-state index >= 15 is 0 Å². The van der Waals surface area contributed by atoms with Crippen LogP contribution in [0.3, 0.4) is 0 Å². The lowest BCUT2D eigenvalue weighted by molar-refractivity contribution is 0.0493. The Morgan fingerprint density at radius 2 is 2.22 bits per heavy atom. The Labute approximate surface area is 109 Å². The van der Waals surface area contributed by atoms with Gasteiger partial charge >= 0.3 is 0 Å². The summed E-state index contributed by atoms with van der Waals surface area (Å²) >= 11 is 0. The van der Waals surface area contributed by atoms with Gasteiger partial charge in [-0.1, -0.05) is 19.9 Å². The van der Waals surface area contributed by atoms with Crippen molar-refractivity contribution in [3.05, 3.63) is 29.6 Å². The predicted molar refractivity (Wildman–Crippen MR) is 71.6 cm³/mol. The number of halogens is 1. The highest BCUT2D eigenvalue weighted by Crippen LogP contribution is 2.54. The molecule has 1 saturated carbocycles. The Hall–Kier alpha value is -1.09. The lowest BCUT2D eigenvalue weighted by Gasteiger charge is -2.54. The van der Waals surface area contributed by atoms with Crippen molar-refractivity contribution in [2.45, 2.75) is 38.6 Å². The van der Waals surface area contributed by atoms with Gasteiger partial charge < -0.3 is 10.1 Å². The standard InChI is InChI=1S/C15H22FNO/c1-5-15(2)11(9-14(15)17-3)10-6-7-13(18-4)12(16)8-10/h6-8,11,14,17H,5,9H2,1-4H3. The summed E-state index contributed by atoms with van der Waals surface area (Å²) < 4.78 is 18.7. The first kappa shape index (κ1) is 13.3. The molecule has 0 radical (unpaired) electrons. The van der Waals surface area contributed by atoms with E-state index in [-0.39, 0.29) is 11.2 Å². The second-order valence-electron chi connectivity index (χ2n) is 5.38. The van der Waals surface area contributed by atoms with Crippen LogP contribution in [-0.2, 0) is 0 Å². The first-order valence-corrected chi connectivity index (χ1v) is 6.57. The van der Waals surface area contributed by atoms with Crippen LogP contribution in [0.1, 0.15) is 38.2 Å². The third-order valence-electron chi connectivity index (χ3n) is 4.75. The highest BCUT2D eigenvalue weighted by atomic mass is 19.1. The Balaban J connectivity index is 2.25. The number of nitrogens with one attached hydrogen (secondary N) is 1. The van der Waals surface area contributed by atoms with Crippen LogP contribution in [0.2, 0.25) is 0 Å². The molecule has 18 heavy (non-hydrogen) atoms. The number of ether oxygens (including phenoxy) is 1. The van der Waals surface area contributed by atoms with Crippen molar-refractivity contribution in [3.8, 4) is 5.75 Å². The fraction of sp³-hybridized carbons (Fsp3) is 0.600. The average Bonchev–Trinajstić information content (AvgIpc) is 2.37. The van der Waals surface area contributed by atoms with E-state index in [2.05, 4.69) is 19.2 Å². The monoisotopic (exact) mass is 251 g/mol. The van der Waals surface area contributed by atoms with Crippen LogP contribution in [0.4, 0.5) is 4.39 Å². The third-order valence-corrected chi connectivity index (χ3v) is 4.75. The van der Waals surface area contributed by atoms with Gasteiger partial charge in [-0.25, -0.2) is 4.39 Å². The maximum absolute atomic E-state index is 13.8. The maximum Gasteiger partial charge on any atom is 0.165 e. The summed E-state index contributed by atoms with van der Waals surface area (Å²) in [5.74, 6) is 0.489. The number of benzene rings is 1. The van der Waals surface area contributed by atoms with Crippen molar-refractivity contribution >= 4 is 0 Å².